The smallest absolute Gasteiger partial charge is 0.0100 e. The molecule has 1 nitrogen and oxygen atoms in total. The van der Waals surface area contributed by atoms with Crippen LogP contribution in [-0.4, -0.2) is 12.6 Å². The summed E-state index contributed by atoms with van der Waals surface area (Å²) in [6.45, 7) is 10.4. The number of nitrogens with one attached hydrogen (secondary N) is 1. The van der Waals surface area contributed by atoms with Gasteiger partial charge in [-0.2, -0.15) is 0 Å². The van der Waals surface area contributed by atoms with Crippen molar-refractivity contribution in [1.29, 1.82) is 0 Å². The predicted octanol–water partition coefficient (Wildman–Crippen LogP) is 3.06. The first-order chi connectivity index (χ1) is 6.19. The molecule has 1 saturated carbocycles. The fourth-order valence-corrected chi connectivity index (χ4v) is 2.18. The Hall–Kier alpha value is -0.0400. The molecule has 4 atom stereocenters. The van der Waals surface area contributed by atoms with Crippen LogP contribution in [0, 0.1) is 17.8 Å². The molecule has 1 fully saturated rings. The van der Waals surface area contributed by atoms with Gasteiger partial charge in [-0.15, -0.1) is 0 Å². The Labute approximate surface area is 83.3 Å². The second-order valence-corrected chi connectivity index (χ2v) is 4.79. The van der Waals surface area contributed by atoms with Gasteiger partial charge in [0.2, 0.25) is 0 Å². The molecule has 0 aliphatic heterocycles. The van der Waals surface area contributed by atoms with E-state index in [-0.39, 0.29) is 0 Å². The summed E-state index contributed by atoms with van der Waals surface area (Å²) in [6, 6.07) is 0.801. The Balaban J connectivity index is 2.29. The summed E-state index contributed by atoms with van der Waals surface area (Å²) in [5, 5.41) is 3.64. The van der Waals surface area contributed by atoms with Crippen LogP contribution in [0.4, 0.5) is 0 Å². The topological polar surface area (TPSA) is 12.0 Å². The van der Waals surface area contributed by atoms with Gasteiger partial charge in [0.1, 0.15) is 0 Å². The van der Waals surface area contributed by atoms with Crippen molar-refractivity contribution in [1.82, 2.24) is 5.32 Å². The summed E-state index contributed by atoms with van der Waals surface area (Å²) >= 11 is 0. The van der Waals surface area contributed by atoms with E-state index < -0.39 is 0 Å². The number of rotatable bonds is 6. The molecule has 1 aliphatic rings. The van der Waals surface area contributed by atoms with Crippen LogP contribution in [-0.2, 0) is 0 Å². The van der Waals surface area contributed by atoms with Gasteiger partial charge >= 0.3 is 0 Å². The Bertz CT molecular complexity index is 144. The minimum Gasteiger partial charge on any atom is -0.314 e. The van der Waals surface area contributed by atoms with E-state index >= 15 is 0 Å². The minimum atomic E-state index is 0.801. The zero-order valence-corrected chi connectivity index (χ0v) is 9.64. The van der Waals surface area contributed by atoms with Crippen molar-refractivity contribution in [2.75, 3.05) is 6.54 Å². The molecular weight excluding hydrogens is 158 g/mol. The quantitative estimate of drug-likeness (QED) is 0.667. The Morgan fingerprint density at radius 1 is 1.38 bits per heavy atom. The Morgan fingerprint density at radius 3 is 2.38 bits per heavy atom. The summed E-state index contributed by atoms with van der Waals surface area (Å²) in [4.78, 5) is 0. The highest BCUT2D eigenvalue weighted by Crippen LogP contribution is 2.42. The molecule has 4 unspecified atom stereocenters. The lowest BCUT2D eigenvalue weighted by Crippen LogP contribution is -2.33. The molecule has 0 aromatic rings. The summed E-state index contributed by atoms with van der Waals surface area (Å²) in [7, 11) is 0. The van der Waals surface area contributed by atoms with E-state index in [1.807, 2.05) is 0 Å². The Morgan fingerprint density at radius 2 is 2.00 bits per heavy atom. The molecule has 1 aliphatic carbocycles. The van der Waals surface area contributed by atoms with Crippen molar-refractivity contribution in [2.45, 2.75) is 53.0 Å². The maximum atomic E-state index is 3.64. The van der Waals surface area contributed by atoms with Gasteiger partial charge in [0.05, 0.1) is 0 Å². The molecule has 1 heteroatoms. The van der Waals surface area contributed by atoms with Gasteiger partial charge < -0.3 is 5.32 Å². The van der Waals surface area contributed by atoms with Crippen LogP contribution < -0.4 is 5.32 Å². The van der Waals surface area contributed by atoms with Crippen LogP contribution in [0.15, 0.2) is 0 Å². The fraction of sp³-hybridized carbons (Fsp3) is 1.00. The van der Waals surface area contributed by atoms with E-state index in [1.165, 1.54) is 19.3 Å². The van der Waals surface area contributed by atoms with Gasteiger partial charge in [-0.1, -0.05) is 34.1 Å². The zero-order chi connectivity index (χ0) is 9.84. The van der Waals surface area contributed by atoms with Crippen molar-refractivity contribution in [2.24, 2.45) is 17.8 Å². The average molecular weight is 183 g/mol. The highest BCUT2D eigenvalue weighted by Gasteiger charge is 2.39. The summed E-state index contributed by atoms with van der Waals surface area (Å²) in [5.74, 6) is 2.85. The van der Waals surface area contributed by atoms with Crippen LogP contribution >= 0.6 is 0 Å². The fourth-order valence-electron chi connectivity index (χ4n) is 2.18. The number of hydrogen-bond acceptors (Lipinski definition) is 1. The first kappa shape index (κ1) is 11.0. The average Bonchev–Trinajstić information content (AvgIpc) is 2.81. The molecule has 0 radical (unpaired) electrons. The normalized spacial score (nSPS) is 31.4. The molecule has 0 spiro atoms. The molecule has 0 amide bonds. The monoisotopic (exact) mass is 183 g/mol. The molecule has 1 N–H and O–H groups in total. The molecule has 78 valence electrons. The first-order valence-corrected chi connectivity index (χ1v) is 5.92. The van der Waals surface area contributed by atoms with Crippen molar-refractivity contribution in [3.8, 4) is 0 Å². The van der Waals surface area contributed by atoms with Crippen molar-refractivity contribution < 1.29 is 0 Å². The SMILES string of the molecule is CCNC(CC(C)CC)C1CC1C. The second kappa shape index (κ2) is 4.99. The molecule has 0 aromatic heterocycles. The van der Waals surface area contributed by atoms with Gasteiger partial charge in [0.15, 0.2) is 0 Å². The third kappa shape index (κ3) is 3.30. The van der Waals surface area contributed by atoms with Crippen molar-refractivity contribution in [3.63, 3.8) is 0 Å². The maximum absolute atomic E-state index is 3.64. The lowest BCUT2D eigenvalue weighted by Gasteiger charge is -2.21. The van der Waals surface area contributed by atoms with Gasteiger partial charge in [-0.05, 0) is 37.1 Å². The van der Waals surface area contributed by atoms with E-state index in [0.717, 1.165) is 30.3 Å². The molecule has 0 bridgehead atoms. The van der Waals surface area contributed by atoms with E-state index in [4.69, 9.17) is 0 Å². The molecule has 1 rings (SSSR count). The molecule has 0 heterocycles. The second-order valence-electron chi connectivity index (χ2n) is 4.79. The van der Waals surface area contributed by atoms with Gasteiger partial charge in [0, 0.05) is 6.04 Å². The highest BCUT2D eigenvalue weighted by molar-refractivity contribution is 4.92. The van der Waals surface area contributed by atoms with Crippen LogP contribution in [0.1, 0.15) is 47.0 Å². The lowest BCUT2D eigenvalue weighted by molar-refractivity contribution is 0.360. The maximum Gasteiger partial charge on any atom is 0.0100 e. The Kier molecular flexibility index (Phi) is 4.24. The molecule has 13 heavy (non-hydrogen) atoms. The van der Waals surface area contributed by atoms with Crippen LogP contribution in [0.3, 0.4) is 0 Å². The summed E-state index contributed by atoms with van der Waals surface area (Å²) < 4.78 is 0. The van der Waals surface area contributed by atoms with E-state index in [2.05, 4.69) is 33.0 Å². The van der Waals surface area contributed by atoms with Crippen LogP contribution in [0.25, 0.3) is 0 Å². The predicted molar refractivity (Wildman–Crippen MR) is 58.8 cm³/mol. The highest BCUT2D eigenvalue weighted by atomic mass is 14.9. The van der Waals surface area contributed by atoms with Gasteiger partial charge in [0.25, 0.3) is 0 Å². The van der Waals surface area contributed by atoms with Crippen LogP contribution in [0.5, 0.6) is 0 Å². The van der Waals surface area contributed by atoms with E-state index in [1.54, 1.807) is 0 Å². The first-order valence-electron chi connectivity index (χ1n) is 5.92. The van der Waals surface area contributed by atoms with Crippen molar-refractivity contribution >= 4 is 0 Å². The summed E-state index contributed by atoms with van der Waals surface area (Å²) in [6.07, 6.45) is 4.15. The van der Waals surface area contributed by atoms with E-state index in [0.29, 0.717) is 0 Å². The summed E-state index contributed by atoms with van der Waals surface area (Å²) in [5.41, 5.74) is 0. The molecule has 0 aromatic carbocycles. The molecule has 0 saturated heterocycles. The largest absolute Gasteiger partial charge is 0.314 e. The molecular formula is C12H25N. The number of hydrogen-bond donors (Lipinski definition) is 1. The van der Waals surface area contributed by atoms with Gasteiger partial charge in [-0.3, -0.25) is 0 Å². The minimum absolute atomic E-state index is 0.801. The third-order valence-corrected chi connectivity index (χ3v) is 3.51. The van der Waals surface area contributed by atoms with Gasteiger partial charge in [-0.25, -0.2) is 0 Å². The lowest BCUT2D eigenvalue weighted by atomic mass is 9.95. The van der Waals surface area contributed by atoms with Crippen LogP contribution in [0.2, 0.25) is 0 Å². The third-order valence-electron chi connectivity index (χ3n) is 3.51. The standard InChI is InChI=1S/C12H25N/c1-5-9(3)7-12(13-6-2)11-8-10(11)4/h9-13H,5-8H2,1-4H3. The van der Waals surface area contributed by atoms with E-state index in [9.17, 15) is 0 Å². The van der Waals surface area contributed by atoms with Crippen molar-refractivity contribution in [3.05, 3.63) is 0 Å². The zero-order valence-electron chi connectivity index (χ0n) is 9.64.